The normalized spacial score (nSPS) is 17.1. The van der Waals surface area contributed by atoms with E-state index in [1.807, 2.05) is 0 Å². The number of halogens is 1. The number of carbonyl (C=O) groups is 2. The summed E-state index contributed by atoms with van der Waals surface area (Å²) in [5.41, 5.74) is 6.30. The molecule has 5 nitrogen and oxygen atoms in total. The number of nitrogens with one attached hydrogen (secondary N) is 2. The molecule has 2 amide bonds. The maximum absolute atomic E-state index is 12.3. The number of rotatable bonds is 3. The largest absolute Gasteiger partial charge is 0.355 e. The van der Waals surface area contributed by atoms with Gasteiger partial charge in [-0.25, -0.2) is 0 Å². The van der Waals surface area contributed by atoms with E-state index in [-0.39, 0.29) is 11.8 Å². The number of anilines is 1. The minimum absolute atomic E-state index is 0.189. The number of hydrogen-bond donors (Lipinski definition) is 3. The maximum atomic E-state index is 12.3. The van der Waals surface area contributed by atoms with Gasteiger partial charge in [0.15, 0.2) is 0 Å². The molecule has 1 aromatic carbocycles. The summed E-state index contributed by atoms with van der Waals surface area (Å²) in [7, 11) is 1.54. The van der Waals surface area contributed by atoms with Gasteiger partial charge >= 0.3 is 0 Å². The van der Waals surface area contributed by atoms with E-state index in [2.05, 4.69) is 10.6 Å². The van der Waals surface area contributed by atoms with Gasteiger partial charge in [0.05, 0.1) is 16.1 Å². The van der Waals surface area contributed by atoms with Crippen molar-refractivity contribution in [2.45, 2.75) is 37.6 Å². The van der Waals surface area contributed by atoms with Crippen molar-refractivity contribution in [1.82, 2.24) is 5.32 Å². The fourth-order valence-corrected chi connectivity index (χ4v) is 2.84. The molecule has 0 spiro atoms. The quantitative estimate of drug-likeness (QED) is 0.801. The monoisotopic (exact) mass is 309 g/mol. The van der Waals surface area contributed by atoms with Crippen molar-refractivity contribution in [3.63, 3.8) is 0 Å². The molecule has 1 aliphatic rings. The predicted octanol–water partition coefficient (Wildman–Crippen LogP) is 2.30. The van der Waals surface area contributed by atoms with Gasteiger partial charge < -0.3 is 16.4 Å². The Morgan fingerprint density at radius 1 is 1.24 bits per heavy atom. The number of benzene rings is 1. The minimum atomic E-state index is -0.801. The number of amides is 2. The molecule has 6 heteroatoms. The molecular weight excluding hydrogens is 290 g/mol. The van der Waals surface area contributed by atoms with Gasteiger partial charge in [0.1, 0.15) is 0 Å². The topological polar surface area (TPSA) is 84.2 Å². The van der Waals surface area contributed by atoms with Crippen LogP contribution in [0.2, 0.25) is 5.02 Å². The third-order valence-electron chi connectivity index (χ3n) is 3.90. The van der Waals surface area contributed by atoms with E-state index >= 15 is 0 Å². The van der Waals surface area contributed by atoms with Crippen LogP contribution in [0, 0.1) is 0 Å². The van der Waals surface area contributed by atoms with Crippen LogP contribution in [-0.2, 0) is 4.79 Å². The molecule has 1 aliphatic carbocycles. The van der Waals surface area contributed by atoms with Crippen LogP contribution in [0.25, 0.3) is 0 Å². The molecule has 0 aliphatic heterocycles. The number of carbonyl (C=O) groups excluding carboxylic acids is 2. The second-order valence-electron chi connectivity index (χ2n) is 5.44. The van der Waals surface area contributed by atoms with Crippen molar-refractivity contribution < 1.29 is 9.59 Å². The van der Waals surface area contributed by atoms with Crippen molar-refractivity contribution in [1.29, 1.82) is 0 Å². The van der Waals surface area contributed by atoms with Gasteiger partial charge in [-0.1, -0.05) is 30.9 Å². The van der Waals surface area contributed by atoms with Gasteiger partial charge in [0.2, 0.25) is 5.91 Å². The van der Waals surface area contributed by atoms with E-state index in [1.54, 1.807) is 18.2 Å². The van der Waals surface area contributed by atoms with E-state index in [9.17, 15) is 9.59 Å². The van der Waals surface area contributed by atoms with E-state index < -0.39 is 5.54 Å². The fourth-order valence-electron chi connectivity index (χ4n) is 2.58. The molecule has 1 aromatic rings. The molecule has 0 atom stereocenters. The Morgan fingerprint density at radius 2 is 1.90 bits per heavy atom. The molecule has 0 unspecified atom stereocenters. The maximum Gasteiger partial charge on any atom is 0.252 e. The summed E-state index contributed by atoms with van der Waals surface area (Å²) >= 11 is 6.06. The lowest BCUT2D eigenvalue weighted by Gasteiger charge is -2.31. The average molecular weight is 310 g/mol. The first-order chi connectivity index (χ1) is 9.96. The Hall–Kier alpha value is -1.59. The zero-order valence-corrected chi connectivity index (χ0v) is 12.8. The molecule has 1 fully saturated rings. The Kier molecular flexibility index (Phi) is 4.85. The highest BCUT2D eigenvalue weighted by atomic mass is 35.5. The molecule has 0 saturated heterocycles. The van der Waals surface area contributed by atoms with Crippen LogP contribution in [0.1, 0.15) is 42.5 Å². The lowest BCUT2D eigenvalue weighted by molar-refractivity contribution is -0.122. The minimum Gasteiger partial charge on any atom is -0.355 e. The second kappa shape index (κ2) is 6.45. The van der Waals surface area contributed by atoms with Crippen LogP contribution in [0.4, 0.5) is 5.69 Å². The van der Waals surface area contributed by atoms with Crippen LogP contribution in [0.3, 0.4) is 0 Å². The zero-order valence-electron chi connectivity index (χ0n) is 12.0. The number of hydrogen-bond acceptors (Lipinski definition) is 3. The van der Waals surface area contributed by atoms with E-state index in [0.29, 0.717) is 29.1 Å². The van der Waals surface area contributed by atoms with Crippen molar-refractivity contribution in [2.75, 3.05) is 12.4 Å². The van der Waals surface area contributed by atoms with E-state index in [1.165, 1.54) is 7.05 Å². The summed E-state index contributed by atoms with van der Waals surface area (Å²) in [4.78, 5) is 23.9. The molecule has 0 heterocycles. The summed E-state index contributed by atoms with van der Waals surface area (Å²) in [5.74, 6) is -0.452. The van der Waals surface area contributed by atoms with Crippen molar-refractivity contribution >= 4 is 29.1 Å². The first-order valence-electron chi connectivity index (χ1n) is 7.08. The zero-order chi connectivity index (χ0) is 15.5. The van der Waals surface area contributed by atoms with Crippen molar-refractivity contribution in [2.24, 2.45) is 5.73 Å². The van der Waals surface area contributed by atoms with Gasteiger partial charge in [0.25, 0.3) is 5.91 Å². The summed E-state index contributed by atoms with van der Waals surface area (Å²) in [6.45, 7) is 0. The molecule has 1 saturated carbocycles. The van der Waals surface area contributed by atoms with Crippen molar-refractivity contribution in [3.8, 4) is 0 Å². The predicted molar refractivity (Wildman–Crippen MR) is 83.5 cm³/mol. The molecular formula is C15H20ClN3O2. The van der Waals surface area contributed by atoms with Crippen LogP contribution >= 0.6 is 11.6 Å². The highest BCUT2D eigenvalue weighted by molar-refractivity contribution is 6.34. The standard InChI is InChI=1S/C15H20ClN3O2/c1-18-13(20)11-6-5-10(9-12(11)16)19-14(21)15(17)7-3-2-4-8-15/h5-6,9H,2-4,7-8,17H2,1H3,(H,18,20)(H,19,21). The first-order valence-corrected chi connectivity index (χ1v) is 7.46. The first kappa shape index (κ1) is 15.8. The Balaban J connectivity index is 2.11. The van der Waals surface area contributed by atoms with Gasteiger partial charge in [0, 0.05) is 12.7 Å². The molecule has 0 aromatic heterocycles. The Morgan fingerprint density at radius 3 is 2.48 bits per heavy atom. The molecule has 114 valence electrons. The highest BCUT2D eigenvalue weighted by Gasteiger charge is 2.35. The van der Waals surface area contributed by atoms with E-state index in [4.69, 9.17) is 17.3 Å². The smallest absolute Gasteiger partial charge is 0.252 e. The summed E-state index contributed by atoms with van der Waals surface area (Å²) in [6, 6.07) is 4.80. The lowest BCUT2D eigenvalue weighted by atomic mass is 9.82. The average Bonchev–Trinajstić information content (AvgIpc) is 2.47. The van der Waals surface area contributed by atoms with Gasteiger partial charge in [-0.2, -0.15) is 0 Å². The van der Waals surface area contributed by atoms with Crippen LogP contribution in [0.15, 0.2) is 18.2 Å². The lowest BCUT2D eigenvalue weighted by Crippen LogP contribution is -2.52. The highest BCUT2D eigenvalue weighted by Crippen LogP contribution is 2.28. The Labute approximate surface area is 129 Å². The fraction of sp³-hybridized carbons (Fsp3) is 0.467. The molecule has 0 bridgehead atoms. The summed E-state index contributed by atoms with van der Waals surface area (Å²) < 4.78 is 0. The number of nitrogens with two attached hydrogens (primary N) is 1. The van der Waals surface area contributed by atoms with Crippen molar-refractivity contribution in [3.05, 3.63) is 28.8 Å². The van der Waals surface area contributed by atoms with Crippen LogP contribution in [0.5, 0.6) is 0 Å². The molecule has 0 radical (unpaired) electrons. The molecule has 2 rings (SSSR count). The third-order valence-corrected chi connectivity index (χ3v) is 4.21. The van der Waals surface area contributed by atoms with Crippen LogP contribution in [-0.4, -0.2) is 24.4 Å². The van der Waals surface area contributed by atoms with Gasteiger partial charge in [-0.15, -0.1) is 0 Å². The summed E-state index contributed by atoms with van der Waals surface area (Å²) in [6.07, 6.45) is 4.46. The van der Waals surface area contributed by atoms with Gasteiger partial charge in [-0.3, -0.25) is 9.59 Å². The van der Waals surface area contributed by atoms with Gasteiger partial charge in [-0.05, 0) is 31.0 Å². The summed E-state index contributed by atoms with van der Waals surface area (Å²) in [5, 5.41) is 5.60. The Bertz CT molecular complexity index is 554. The SMILES string of the molecule is CNC(=O)c1ccc(NC(=O)C2(N)CCCCC2)cc1Cl. The third kappa shape index (κ3) is 3.54. The second-order valence-corrected chi connectivity index (χ2v) is 5.85. The van der Waals surface area contributed by atoms with E-state index in [0.717, 1.165) is 19.3 Å². The van der Waals surface area contributed by atoms with Crippen LogP contribution < -0.4 is 16.4 Å². The molecule has 4 N–H and O–H groups in total. The molecule has 21 heavy (non-hydrogen) atoms.